The van der Waals surface area contributed by atoms with Crippen molar-refractivity contribution in [2.45, 2.75) is 32.1 Å². The minimum atomic E-state index is -3.55. The number of hydrogen-bond donors (Lipinski definition) is 2. The molecular formula is C16H20N2O3S. The first-order valence-corrected chi connectivity index (χ1v) is 8.53. The number of sulfonamides is 1. The molecule has 1 aromatic carbocycles. The molecule has 118 valence electrons. The Labute approximate surface area is 130 Å². The number of aromatic amines is 1. The second-order valence-corrected chi connectivity index (χ2v) is 7.10. The topological polar surface area (TPSA) is 79.0 Å². The zero-order valence-corrected chi connectivity index (χ0v) is 13.8. The van der Waals surface area contributed by atoms with Crippen molar-refractivity contribution >= 4 is 15.8 Å². The zero-order chi connectivity index (χ0) is 16.3. The van der Waals surface area contributed by atoms with Crippen LogP contribution in [0, 0.1) is 13.8 Å². The maximum atomic E-state index is 12.2. The lowest BCUT2D eigenvalue weighted by molar-refractivity contribution is 0.101. The van der Waals surface area contributed by atoms with Gasteiger partial charge in [0.15, 0.2) is 5.78 Å². The van der Waals surface area contributed by atoms with Gasteiger partial charge in [0.25, 0.3) is 0 Å². The van der Waals surface area contributed by atoms with E-state index in [2.05, 4.69) is 9.71 Å². The van der Waals surface area contributed by atoms with Crippen molar-refractivity contribution in [3.05, 3.63) is 52.8 Å². The number of carbonyl (C=O) groups is 1. The number of aryl methyl sites for hydroxylation is 2. The van der Waals surface area contributed by atoms with Crippen LogP contribution in [0.3, 0.4) is 0 Å². The number of benzene rings is 1. The van der Waals surface area contributed by atoms with Gasteiger partial charge in [-0.1, -0.05) is 12.1 Å². The molecule has 0 saturated carbocycles. The Kier molecular flexibility index (Phi) is 4.83. The highest BCUT2D eigenvalue weighted by Gasteiger charge is 2.14. The number of rotatable bonds is 6. The summed E-state index contributed by atoms with van der Waals surface area (Å²) >= 11 is 0. The third-order valence-electron chi connectivity index (χ3n) is 3.51. The standard InChI is InChI=1S/C16H20N2O3S/c1-11-10-15(12(2)18-11)8-9-17-22(20,21)16-6-4-14(5-7-16)13(3)19/h4-7,10,17-18H,8-9H2,1-3H3. The van der Waals surface area contributed by atoms with Gasteiger partial charge in [0.2, 0.25) is 10.0 Å². The monoisotopic (exact) mass is 320 g/mol. The fourth-order valence-corrected chi connectivity index (χ4v) is 3.35. The fraction of sp³-hybridized carbons (Fsp3) is 0.312. The smallest absolute Gasteiger partial charge is 0.240 e. The summed E-state index contributed by atoms with van der Waals surface area (Å²) in [7, 11) is -3.55. The van der Waals surface area contributed by atoms with Crippen LogP contribution in [0.25, 0.3) is 0 Å². The van der Waals surface area contributed by atoms with Crippen molar-refractivity contribution in [3.63, 3.8) is 0 Å². The lowest BCUT2D eigenvalue weighted by atomic mass is 10.2. The van der Waals surface area contributed by atoms with Gasteiger partial charge in [-0.05, 0) is 51.0 Å². The molecule has 1 aromatic heterocycles. The Bertz CT molecular complexity index is 774. The minimum Gasteiger partial charge on any atom is -0.362 e. The second kappa shape index (κ2) is 6.46. The molecule has 22 heavy (non-hydrogen) atoms. The van der Waals surface area contributed by atoms with Gasteiger partial charge in [0.1, 0.15) is 0 Å². The van der Waals surface area contributed by atoms with E-state index in [1.165, 1.54) is 31.2 Å². The molecule has 0 radical (unpaired) electrons. The maximum Gasteiger partial charge on any atom is 0.240 e. The first kappa shape index (κ1) is 16.5. The molecule has 0 fully saturated rings. The molecule has 2 aromatic rings. The molecule has 2 N–H and O–H groups in total. The molecule has 0 saturated heterocycles. The summed E-state index contributed by atoms with van der Waals surface area (Å²) < 4.78 is 27.0. The second-order valence-electron chi connectivity index (χ2n) is 5.33. The van der Waals surface area contributed by atoms with Gasteiger partial charge in [-0.3, -0.25) is 4.79 Å². The van der Waals surface area contributed by atoms with E-state index in [0.717, 1.165) is 17.0 Å². The van der Waals surface area contributed by atoms with Crippen molar-refractivity contribution in [1.29, 1.82) is 0 Å². The summed E-state index contributed by atoms with van der Waals surface area (Å²) in [6, 6.07) is 7.97. The Balaban J connectivity index is 2.01. The van der Waals surface area contributed by atoms with E-state index in [1.807, 2.05) is 19.9 Å². The van der Waals surface area contributed by atoms with Crippen molar-refractivity contribution in [2.75, 3.05) is 6.54 Å². The molecule has 0 bridgehead atoms. The predicted molar refractivity (Wildman–Crippen MR) is 85.6 cm³/mol. The summed E-state index contributed by atoms with van der Waals surface area (Å²) in [5.41, 5.74) is 3.72. The van der Waals surface area contributed by atoms with Crippen LogP contribution in [0.4, 0.5) is 0 Å². The Morgan fingerprint density at radius 3 is 2.32 bits per heavy atom. The van der Waals surface area contributed by atoms with Crippen LogP contribution < -0.4 is 4.72 Å². The van der Waals surface area contributed by atoms with Crippen LogP contribution in [-0.4, -0.2) is 25.7 Å². The number of aromatic nitrogens is 1. The van der Waals surface area contributed by atoms with Gasteiger partial charge in [0, 0.05) is 23.5 Å². The number of carbonyl (C=O) groups excluding carboxylic acids is 1. The van der Waals surface area contributed by atoms with E-state index < -0.39 is 10.0 Å². The molecule has 0 spiro atoms. The van der Waals surface area contributed by atoms with Gasteiger partial charge >= 0.3 is 0 Å². The molecular weight excluding hydrogens is 300 g/mol. The summed E-state index contributed by atoms with van der Waals surface area (Å²) in [5.74, 6) is -0.0878. The number of Topliss-reactive ketones (excluding diaryl/α,β-unsaturated/α-hetero) is 1. The number of nitrogens with one attached hydrogen (secondary N) is 2. The van der Waals surface area contributed by atoms with E-state index >= 15 is 0 Å². The van der Waals surface area contributed by atoms with Gasteiger partial charge in [-0.15, -0.1) is 0 Å². The summed E-state index contributed by atoms with van der Waals surface area (Å²) in [5, 5.41) is 0. The Hall–Kier alpha value is -1.92. The van der Waals surface area contributed by atoms with Crippen molar-refractivity contribution < 1.29 is 13.2 Å². The zero-order valence-electron chi connectivity index (χ0n) is 12.9. The van der Waals surface area contributed by atoms with Crippen LogP contribution in [0.1, 0.15) is 34.2 Å². The molecule has 0 amide bonds. The van der Waals surface area contributed by atoms with E-state index in [-0.39, 0.29) is 10.7 Å². The number of hydrogen-bond acceptors (Lipinski definition) is 3. The maximum absolute atomic E-state index is 12.2. The molecule has 6 heteroatoms. The van der Waals surface area contributed by atoms with E-state index in [9.17, 15) is 13.2 Å². The van der Waals surface area contributed by atoms with Crippen molar-refractivity contribution in [2.24, 2.45) is 0 Å². The molecule has 0 aliphatic heterocycles. The average Bonchev–Trinajstić information content (AvgIpc) is 2.77. The minimum absolute atomic E-state index is 0.0878. The molecule has 2 rings (SSSR count). The van der Waals surface area contributed by atoms with Gasteiger partial charge < -0.3 is 4.98 Å². The quantitative estimate of drug-likeness (QED) is 0.802. The van der Waals surface area contributed by atoms with Crippen LogP contribution in [-0.2, 0) is 16.4 Å². The molecule has 0 aliphatic rings. The highest BCUT2D eigenvalue weighted by molar-refractivity contribution is 7.89. The molecule has 0 aliphatic carbocycles. The molecule has 1 heterocycles. The molecule has 0 unspecified atom stereocenters. The van der Waals surface area contributed by atoms with Gasteiger partial charge in [-0.25, -0.2) is 13.1 Å². The van der Waals surface area contributed by atoms with Crippen molar-refractivity contribution in [1.82, 2.24) is 9.71 Å². The lowest BCUT2D eigenvalue weighted by Crippen LogP contribution is -2.26. The SMILES string of the molecule is CC(=O)c1ccc(S(=O)(=O)NCCc2cc(C)[nH]c2C)cc1. The number of ketones is 1. The van der Waals surface area contributed by atoms with E-state index in [1.54, 1.807) is 0 Å². The first-order valence-electron chi connectivity index (χ1n) is 7.05. The predicted octanol–water partition coefficient (Wildman–Crippen LogP) is 2.36. The molecule has 0 atom stereocenters. The Morgan fingerprint density at radius 2 is 1.82 bits per heavy atom. The van der Waals surface area contributed by atoms with Crippen LogP contribution in [0.5, 0.6) is 0 Å². The van der Waals surface area contributed by atoms with E-state index in [4.69, 9.17) is 0 Å². The highest BCUT2D eigenvalue weighted by Crippen LogP contribution is 2.12. The fourth-order valence-electron chi connectivity index (χ4n) is 2.31. The van der Waals surface area contributed by atoms with Crippen LogP contribution in [0.2, 0.25) is 0 Å². The highest BCUT2D eigenvalue weighted by atomic mass is 32.2. The van der Waals surface area contributed by atoms with E-state index in [0.29, 0.717) is 18.5 Å². The summed E-state index contributed by atoms with van der Waals surface area (Å²) in [6.45, 7) is 5.71. The number of H-pyrrole nitrogens is 1. The van der Waals surface area contributed by atoms with Gasteiger partial charge in [0.05, 0.1) is 4.90 Å². The lowest BCUT2D eigenvalue weighted by Gasteiger charge is -2.07. The van der Waals surface area contributed by atoms with Gasteiger partial charge in [-0.2, -0.15) is 0 Å². The average molecular weight is 320 g/mol. The first-order chi connectivity index (χ1) is 10.3. The Morgan fingerprint density at radius 1 is 1.18 bits per heavy atom. The van der Waals surface area contributed by atoms with Crippen LogP contribution in [0.15, 0.2) is 35.2 Å². The normalized spacial score (nSPS) is 11.6. The van der Waals surface area contributed by atoms with Crippen molar-refractivity contribution in [3.8, 4) is 0 Å². The largest absolute Gasteiger partial charge is 0.362 e. The molecule has 5 nitrogen and oxygen atoms in total. The summed E-state index contributed by atoms with van der Waals surface area (Å²) in [4.78, 5) is 14.6. The van der Waals surface area contributed by atoms with Crippen LogP contribution >= 0.6 is 0 Å². The third-order valence-corrected chi connectivity index (χ3v) is 4.99. The third kappa shape index (κ3) is 3.84. The summed E-state index contributed by atoms with van der Waals surface area (Å²) in [6.07, 6.45) is 0.626.